The lowest BCUT2D eigenvalue weighted by molar-refractivity contribution is 0.753. The van der Waals surface area contributed by atoms with Gasteiger partial charge in [-0.25, -0.2) is 0 Å². The highest BCUT2D eigenvalue weighted by atomic mass is 15.2. The number of nitrogens with zero attached hydrogens (tertiary/aromatic N) is 2. The van der Waals surface area contributed by atoms with Crippen molar-refractivity contribution in [1.29, 1.82) is 0 Å². The molecule has 2 N–H and O–H groups in total. The van der Waals surface area contributed by atoms with Crippen molar-refractivity contribution < 1.29 is 0 Å². The molecule has 8 aromatic rings. The minimum absolute atomic E-state index is 0.484. The standard InChI is InChI=1S/C53H39N3/c54-49(38-19-6-2-7-20-38)35-50(55-36-37-17-4-1-5-18-37)41-22-16-21-39(33-41)40-31-32-46-44(34-40)43-25-10-11-26-45(43)53(46)47-27-12-14-29-51(47)56(42-23-8-3-9-24-42)52-30-15-13-28-48(52)53/h1-35H,36,54H2/b49-35-,55-50?. The van der Waals surface area contributed by atoms with Gasteiger partial charge in [0.2, 0.25) is 0 Å². The molecular formula is C53H39N3. The Morgan fingerprint density at radius 1 is 0.482 bits per heavy atom. The largest absolute Gasteiger partial charge is 0.398 e. The summed E-state index contributed by atoms with van der Waals surface area (Å²) in [6.45, 7) is 0.557. The maximum atomic E-state index is 6.71. The number of hydrogen-bond acceptors (Lipinski definition) is 3. The molecule has 0 fully saturated rings. The van der Waals surface area contributed by atoms with Crippen LogP contribution in [0.1, 0.15) is 38.9 Å². The van der Waals surface area contributed by atoms with Crippen LogP contribution in [0.5, 0.6) is 0 Å². The van der Waals surface area contributed by atoms with Gasteiger partial charge in [0.25, 0.3) is 0 Å². The summed E-state index contributed by atoms with van der Waals surface area (Å²) in [5, 5.41) is 0. The molecule has 3 nitrogen and oxygen atoms in total. The molecular weight excluding hydrogens is 679 g/mol. The summed E-state index contributed by atoms with van der Waals surface area (Å²) >= 11 is 0. The van der Waals surface area contributed by atoms with Gasteiger partial charge in [0.15, 0.2) is 0 Å². The molecule has 0 amide bonds. The van der Waals surface area contributed by atoms with Crippen LogP contribution in [0.3, 0.4) is 0 Å². The first-order valence-electron chi connectivity index (χ1n) is 19.2. The Balaban J connectivity index is 1.12. The van der Waals surface area contributed by atoms with Crippen molar-refractivity contribution in [3.63, 3.8) is 0 Å². The minimum atomic E-state index is -0.484. The Labute approximate surface area is 328 Å². The van der Waals surface area contributed by atoms with Crippen molar-refractivity contribution in [3.05, 3.63) is 251 Å². The van der Waals surface area contributed by atoms with Crippen LogP contribution < -0.4 is 10.6 Å². The number of anilines is 3. The molecule has 0 aromatic heterocycles. The maximum Gasteiger partial charge on any atom is 0.0754 e. The molecule has 0 radical (unpaired) electrons. The average molecular weight is 718 g/mol. The Bertz CT molecular complexity index is 2740. The number of rotatable bonds is 7. The van der Waals surface area contributed by atoms with E-state index in [0.717, 1.165) is 39.2 Å². The number of hydrogen-bond donors (Lipinski definition) is 1. The fourth-order valence-electron chi connectivity index (χ4n) is 8.85. The highest BCUT2D eigenvalue weighted by Crippen LogP contribution is 2.63. The monoisotopic (exact) mass is 717 g/mol. The second kappa shape index (κ2) is 13.9. The highest BCUT2D eigenvalue weighted by Gasteiger charge is 2.51. The summed E-state index contributed by atoms with van der Waals surface area (Å²) < 4.78 is 0. The van der Waals surface area contributed by atoms with Crippen molar-refractivity contribution in [1.82, 2.24) is 0 Å². The molecule has 8 aromatic carbocycles. The van der Waals surface area contributed by atoms with Crippen LogP contribution in [0.2, 0.25) is 0 Å². The van der Waals surface area contributed by atoms with E-state index in [2.05, 4.69) is 175 Å². The Kier molecular flexibility index (Phi) is 8.26. The fraction of sp³-hybridized carbons (Fsp3) is 0.0377. The molecule has 56 heavy (non-hydrogen) atoms. The topological polar surface area (TPSA) is 41.6 Å². The lowest BCUT2D eigenvalue weighted by atomic mass is 9.64. The number of nitrogens with two attached hydrogens (primary N) is 1. The fourth-order valence-corrected chi connectivity index (χ4v) is 8.85. The van der Waals surface area contributed by atoms with Crippen LogP contribution in [0.15, 0.2) is 217 Å². The molecule has 1 aliphatic heterocycles. The second-order valence-electron chi connectivity index (χ2n) is 14.5. The second-order valence-corrected chi connectivity index (χ2v) is 14.5. The number of aliphatic imine (C=N–C) groups is 1. The quantitative estimate of drug-likeness (QED) is 0.167. The van der Waals surface area contributed by atoms with Gasteiger partial charge in [-0.3, -0.25) is 4.99 Å². The first-order valence-corrected chi connectivity index (χ1v) is 19.2. The normalized spacial score (nSPS) is 13.8. The first-order chi connectivity index (χ1) is 27.7. The molecule has 10 rings (SSSR count). The number of para-hydroxylation sites is 3. The van der Waals surface area contributed by atoms with E-state index < -0.39 is 5.41 Å². The van der Waals surface area contributed by atoms with Gasteiger partial charge < -0.3 is 10.6 Å². The van der Waals surface area contributed by atoms with Gasteiger partial charge in [-0.15, -0.1) is 0 Å². The van der Waals surface area contributed by atoms with Crippen LogP contribution >= 0.6 is 0 Å². The summed E-state index contributed by atoms with van der Waals surface area (Å²) in [7, 11) is 0. The number of allylic oxidation sites excluding steroid dienone is 1. The zero-order valence-corrected chi connectivity index (χ0v) is 30.9. The van der Waals surface area contributed by atoms with E-state index in [0.29, 0.717) is 12.2 Å². The van der Waals surface area contributed by atoms with Gasteiger partial charge in [0.05, 0.1) is 29.0 Å². The SMILES string of the molecule is N/C(=C\C(=NCc1ccccc1)c1cccc(-c2ccc3c(c2)-c2ccccc2C32c3ccccc3N(c3ccccc3)c3ccccc32)c1)c1ccccc1. The van der Waals surface area contributed by atoms with Crippen LogP contribution in [0.25, 0.3) is 28.0 Å². The smallest absolute Gasteiger partial charge is 0.0754 e. The molecule has 0 unspecified atom stereocenters. The maximum absolute atomic E-state index is 6.71. The van der Waals surface area contributed by atoms with Gasteiger partial charge >= 0.3 is 0 Å². The number of benzene rings is 8. The summed E-state index contributed by atoms with van der Waals surface area (Å²) in [5.41, 5.74) is 24.4. The Hall–Kier alpha value is -7.23. The van der Waals surface area contributed by atoms with E-state index >= 15 is 0 Å². The Morgan fingerprint density at radius 3 is 1.75 bits per heavy atom. The summed E-state index contributed by atoms with van der Waals surface area (Å²) in [4.78, 5) is 7.56. The molecule has 2 aliphatic rings. The van der Waals surface area contributed by atoms with Crippen LogP contribution in [0.4, 0.5) is 17.1 Å². The van der Waals surface area contributed by atoms with Crippen LogP contribution in [-0.2, 0) is 12.0 Å². The van der Waals surface area contributed by atoms with E-state index in [-0.39, 0.29) is 0 Å². The zero-order chi connectivity index (χ0) is 37.5. The van der Waals surface area contributed by atoms with Gasteiger partial charge in [-0.1, -0.05) is 170 Å². The molecule has 1 aliphatic carbocycles. The molecule has 0 saturated heterocycles. The van der Waals surface area contributed by atoms with Crippen LogP contribution in [-0.4, -0.2) is 5.71 Å². The molecule has 0 saturated carbocycles. The van der Waals surface area contributed by atoms with E-state index in [1.165, 1.54) is 44.8 Å². The van der Waals surface area contributed by atoms with Gasteiger partial charge in [0.1, 0.15) is 0 Å². The van der Waals surface area contributed by atoms with Crippen LogP contribution in [0, 0.1) is 0 Å². The van der Waals surface area contributed by atoms with Gasteiger partial charge in [-0.2, -0.15) is 0 Å². The van der Waals surface area contributed by atoms with E-state index in [9.17, 15) is 0 Å². The molecule has 3 heteroatoms. The van der Waals surface area contributed by atoms with Crippen molar-refractivity contribution in [3.8, 4) is 22.3 Å². The van der Waals surface area contributed by atoms with E-state index in [1.54, 1.807) is 0 Å². The molecule has 1 spiro atoms. The van der Waals surface area contributed by atoms with Gasteiger partial charge in [0, 0.05) is 16.9 Å². The zero-order valence-electron chi connectivity index (χ0n) is 30.9. The van der Waals surface area contributed by atoms with Crippen molar-refractivity contribution >= 4 is 28.5 Å². The summed E-state index contributed by atoms with van der Waals surface area (Å²) in [6.07, 6.45) is 2.01. The average Bonchev–Trinajstić information content (AvgIpc) is 3.56. The summed E-state index contributed by atoms with van der Waals surface area (Å²) in [5.74, 6) is 0. The van der Waals surface area contributed by atoms with Crippen molar-refractivity contribution in [2.75, 3.05) is 4.90 Å². The molecule has 0 atom stereocenters. The third-order valence-electron chi connectivity index (χ3n) is 11.3. The third kappa shape index (κ3) is 5.48. The van der Waals surface area contributed by atoms with Gasteiger partial charge in [-0.05, 0) is 98.1 Å². The molecule has 266 valence electrons. The first kappa shape index (κ1) is 33.3. The highest BCUT2D eigenvalue weighted by molar-refractivity contribution is 6.12. The number of fused-ring (bicyclic) bond motifs is 9. The molecule has 0 bridgehead atoms. The lowest BCUT2D eigenvalue weighted by Crippen LogP contribution is -2.36. The van der Waals surface area contributed by atoms with E-state index in [1.807, 2.05) is 42.5 Å². The predicted molar refractivity (Wildman–Crippen MR) is 233 cm³/mol. The van der Waals surface area contributed by atoms with E-state index in [4.69, 9.17) is 10.7 Å². The predicted octanol–water partition coefficient (Wildman–Crippen LogP) is 12.5. The minimum Gasteiger partial charge on any atom is -0.398 e. The molecule has 1 heterocycles. The summed E-state index contributed by atoms with van der Waals surface area (Å²) in [6, 6.07) is 73.9. The lowest BCUT2D eigenvalue weighted by Gasteiger charge is -2.45. The third-order valence-corrected chi connectivity index (χ3v) is 11.3. The van der Waals surface area contributed by atoms with Crippen molar-refractivity contribution in [2.45, 2.75) is 12.0 Å². The van der Waals surface area contributed by atoms with Crippen molar-refractivity contribution in [2.24, 2.45) is 10.7 Å². The Morgan fingerprint density at radius 2 is 1.04 bits per heavy atom.